The zero-order valence-corrected chi connectivity index (χ0v) is 17.8. The summed E-state index contributed by atoms with van der Waals surface area (Å²) in [7, 11) is 1.65. The highest BCUT2D eigenvalue weighted by atomic mass is 19.1. The number of rotatable bonds is 8. The molecule has 1 aliphatic heterocycles. The lowest BCUT2D eigenvalue weighted by atomic mass is 10.0. The van der Waals surface area contributed by atoms with Crippen molar-refractivity contribution in [1.82, 2.24) is 10.2 Å². The predicted octanol–water partition coefficient (Wildman–Crippen LogP) is 4.58. The van der Waals surface area contributed by atoms with Crippen molar-refractivity contribution >= 4 is 11.7 Å². The van der Waals surface area contributed by atoms with Crippen molar-refractivity contribution in [2.75, 3.05) is 32.1 Å². The minimum atomic E-state index is -0.439. The van der Waals surface area contributed by atoms with Gasteiger partial charge in [0.15, 0.2) is 0 Å². The van der Waals surface area contributed by atoms with Gasteiger partial charge in [-0.15, -0.1) is 0 Å². The van der Waals surface area contributed by atoms with E-state index in [-0.39, 0.29) is 12.1 Å². The van der Waals surface area contributed by atoms with Crippen LogP contribution >= 0.6 is 0 Å². The Labute approximate surface area is 177 Å². The van der Waals surface area contributed by atoms with Crippen LogP contribution in [0.3, 0.4) is 0 Å². The van der Waals surface area contributed by atoms with Crippen LogP contribution in [-0.4, -0.2) is 43.8 Å². The maximum absolute atomic E-state index is 13.7. The van der Waals surface area contributed by atoms with E-state index >= 15 is 0 Å². The molecule has 0 radical (unpaired) electrons. The molecular formula is C23H30FN3O3. The highest BCUT2D eigenvalue weighted by Gasteiger charge is 2.26. The Kier molecular flexibility index (Phi) is 7.52. The number of ether oxygens (including phenoxy) is 2. The molecule has 0 aromatic heterocycles. The van der Waals surface area contributed by atoms with Crippen molar-refractivity contribution < 1.29 is 18.7 Å². The van der Waals surface area contributed by atoms with Crippen LogP contribution in [0.2, 0.25) is 0 Å². The van der Waals surface area contributed by atoms with E-state index < -0.39 is 11.8 Å². The fourth-order valence-electron chi connectivity index (χ4n) is 3.74. The Morgan fingerprint density at radius 1 is 1.13 bits per heavy atom. The molecule has 7 heteroatoms. The van der Waals surface area contributed by atoms with Crippen LogP contribution in [0.1, 0.15) is 38.3 Å². The topological polar surface area (TPSA) is 62.8 Å². The summed E-state index contributed by atoms with van der Waals surface area (Å²) in [6.45, 7) is 6.11. The molecule has 1 fully saturated rings. The quantitative estimate of drug-likeness (QED) is 0.663. The van der Waals surface area contributed by atoms with E-state index in [0.717, 1.165) is 37.2 Å². The summed E-state index contributed by atoms with van der Waals surface area (Å²) in [5, 5.41) is 5.65. The number of carbonyl (C=O) groups is 1. The van der Waals surface area contributed by atoms with Gasteiger partial charge in [-0.3, -0.25) is 4.90 Å². The molecule has 2 aromatic rings. The van der Waals surface area contributed by atoms with E-state index in [9.17, 15) is 9.18 Å². The largest absolute Gasteiger partial charge is 0.496 e. The highest BCUT2D eigenvalue weighted by molar-refractivity contribution is 5.91. The van der Waals surface area contributed by atoms with Crippen LogP contribution in [0.4, 0.5) is 14.9 Å². The maximum Gasteiger partial charge on any atom is 0.319 e. The molecule has 0 bridgehead atoms. The smallest absolute Gasteiger partial charge is 0.319 e. The van der Waals surface area contributed by atoms with E-state index in [4.69, 9.17) is 9.47 Å². The van der Waals surface area contributed by atoms with Crippen LogP contribution in [0.15, 0.2) is 42.5 Å². The number of halogens is 1. The second-order valence-electron chi connectivity index (χ2n) is 7.64. The summed E-state index contributed by atoms with van der Waals surface area (Å²) in [6, 6.07) is 11.5. The van der Waals surface area contributed by atoms with Crippen molar-refractivity contribution in [1.29, 1.82) is 0 Å². The summed E-state index contributed by atoms with van der Waals surface area (Å²) in [5.41, 5.74) is 1.34. The number of hydrogen-bond acceptors (Lipinski definition) is 4. The zero-order valence-electron chi connectivity index (χ0n) is 17.8. The van der Waals surface area contributed by atoms with Gasteiger partial charge in [-0.05, 0) is 58.0 Å². The first kappa shape index (κ1) is 21.9. The molecule has 2 N–H and O–H groups in total. The zero-order chi connectivity index (χ0) is 21.5. The highest BCUT2D eigenvalue weighted by Crippen LogP contribution is 2.31. The SMILES string of the molecule is COc1ccccc1C(CNC(=O)Nc1cc(F)ccc1OC(C)C)N1CCCC1. The van der Waals surface area contributed by atoms with Crippen molar-refractivity contribution in [2.45, 2.75) is 38.8 Å². The monoisotopic (exact) mass is 415 g/mol. The molecular weight excluding hydrogens is 385 g/mol. The Balaban J connectivity index is 1.72. The summed E-state index contributed by atoms with van der Waals surface area (Å²) in [6.07, 6.45) is 2.18. The number of benzene rings is 2. The van der Waals surface area contributed by atoms with Gasteiger partial charge < -0.3 is 20.1 Å². The number of nitrogens with one attached hydrogen (secondary N) is 2. The molecule has 0 aliphatic carbocycles. The van der Waals surface area contributed by atoms with Crippen molar-refractivity contribution in [2.24, 2.45) is 0 Å². The average molecular weight is 416 g/mol. The first-order valence-corrected chi connectivity index (χ1v) is 10.4. The number of carbonyl (C=O) groups excluding carboxylic acids is 1. The minimum absolute atomic E-state index is 0.00621. The molecule has 0 spiro atoms. The van der Waals surface area contributed by atoms with E-state index in [1.54, 1.807) is 7.11 Å². The van der Waals surface area contributed by atoms with Crippen molar-refractivity contribution in [3.63, 3.8) is 0 Å². The Hall–Kier alpha value is -2.80. The second-order valence-corrected chi connectivity index (χ2v) is 7.64. The lowest BCUT2D eigenvalue weighted by Gasteiger charge is -2.29. The van der Waals surface area contributed by atoms with Crippen LogP contribution in [0, 0.1) is 5.82 Å². The number of hydrogen-bond donors (Lipinski definition) is 2. The fraction of sp³-hybridized carbons (Fsp3) is 0.435. The van der Waals surface area contributed by atoms with Gasteiger partial charge in [-0.2, -0.15) is 0 Å². The summed E-state index contributed by atoms with van der Waals surface area (Å²) < 4.78 is 24.9. The van der Waals surface area contributed by atoms with Gasteiger partial charge in [-0.25, -0.2) is 9.18 Å². The lowest BCUT2D eigenvalue weighted by molar-refractivity contribution is 0.223. The van der Waals surface area contributed by atoms with Gasteiger partial charge in [0, 0.05) is 18.2 Å². The number of para-hydroxylation sites is 1. The molecule has 2 aromatic carbocycles. The van der Waals surface area contributed by atoms with Crippen molar-refractivity contribution in [3.05, 3.63) is 53.8 Å². The number of amides is 2. The molecule has 162 valence electrons. The number of methoxy groups -OCH3 is 1. The first-order valence-electron chi connectivity index (χ1n) is 10.4. The lowest BCUT2D eigenvalue weighted by Crippen LogP contribution is -2.38. The molecule has 30 heavy (non-hydrogen) atoms. The second kappa shape index (κ2) is 10.3. The Morgan fingerprint density at radius 2 is 1.87 bits per heavy atom. The molecule has 1 heterocycles. The van der Waals surface area contributed by atoms with Gasteiger partial charge in [0.05, 0.1) is 24.9 Å². The van der Waals surface area contributed by atoms with E-state index in [0.29, 0.717) is 18.0 Å². The van der Waals surface area contributed by atoms with Crippen LogP contribution in [0.5, 0.6) is 11.5 Å². The van der Waals surface area contributed by atoms with Crippen LogP contribution in [0.25, 0.3) is 0 Å². The van der Waals surface area contributed by atoms with E-state index in [2.05, 4.69) is 15.5 Å². The fourth-order valence-corrected chi connectivity index (χ4v) is 3.74. The normalized spacial score (nSPS) is 15.1. The first-order chi connectivity index (χ1) is 14.5. The van der Waals surface area contributed by atoms with Gasteiger partial charge in [-0.1, -0.05) is 18.2 Å². The molecule has 0 saturated carbocycles. The van der Waals surface area contributed by atoms with Gasteiger partial charge in [0.25, 0.3) is 0 Å². The maximum atomic E-state index is 13.7. The predicted molar refractivity (Wildman–Crippen MR) is 116 cm³/mol. The van der Waals surface area contributed by atoms with Crippen molar-refractivity contribution in [3.8, 4) is 11.5 Å². The molecule has 1 aliphatic rings. The van der Waals surface area contributed by atoms with E-state index in [1.807, 2.05) is 38.1 Å². The molecule has 2 amide bonds. The van der Waals surface area contributed by atoms with Gasteiger partial charge >= 0.3 is 6.03 Å². The summed E-state index contributed by atoms with van der Waals surface area (Å²) >= 11 is 0. The molecule has 1 saturated heterocycles. The van der Waals surface area contributed by atoms with Gasteiger partial charge in [0.2, 0.25) is 0 Å². The molecule has 1 unspecified atom stereocenters. The standard InChI is InChI=1S/C23H30FN3O3/c1-16(2)30-22-11-10-17(24)14-19(22)26-23(28)25-15-20(27-12-6-7-13-27)18-8-4-5-9-21(18)29-3/h4-5,8-11,14,16,20H,6-7,12-13,15H2,1-3H3,(H2,25,26,28). The molecule has 3 rings (SSSR count). The Bertz CT molecular complexity index is 853. The Morgan fingerprint density at radius 3 is 2.57 bits per heavy atom. The third-order valence-corrected chi connectivity index (χ3v) is 5.09. The molecule has 1 atom stereocenters. The number of anilines is 1. The number of likely N-dealkylation sites (tertiary alicyclic amines) is 1. The summed E-state index contributed by atoms with van der Waals surface area (Å²) in [5.74, 6) is 0.794. The number of urea groups is 1. The summed E-state index contributed by atoms with van der Waals surface area (Å²) in [4.78, 5) is 15.0. The number of nitrogens with zero attached hydrogens (tertiary/aromatic N) is 1. The average Bonchev–Trinajstić information content (AvgIpc) is 3.25. The van der Waals surface area contributed by atoms with Crippen LogP contribution in [-0.2, 0) is 0 Å². The minimum Gasteiger partial charge on any atom is -0.496 e. The van der Waals surface area contributed by atoms with Crippen LogP contribution < -0.4 is 20.1 Å². The van der Waals surface area contributed by atoms with E-state index in [1.165, 1.54) is 18.2 Å². The third kappa shape index (κ3) is 5.63. The van der Waals surface area contributed by atoms with Gasteiger partial charge in [0.1, 0.15) is 17.3 Å². The molecule has 6 nitrogen and oxygen atoms in total. The third-order valence-electron chi connectivity index (χ3n) is 5.09.